The van der Waals surface area contributed by atoms with Crippen LogP contribution < -0.4 is 10.5 Å². The summed E-state index contributed by atoms with van der Waals surface area (Å²) in [6.07, 6.45) is 0. The molecule has 2 rings (SSSR count). The summed E-state index contributed by atoms with van der Waals surface area (Å²) in [5.41, 5.74) is 6.43. The molecular weight excluding hydrogens is 298 g/mol. The minimum absolute atomic E-state index is 0.0108. The van der Waals surface area contributed by atoms with E-state index in [0.29, 0.717) is 0 Å². The van der Waals surface area contributed by atoms with Crippen molar-refractivity contribution in [3.05, 3.63) is 59.7 Å². The first-order valence-electron chi connectivity index (χ1n) is 6.13. The fraction of sp³-hybridized carbons (Fsp3) is 0.143. The number of nitrogens with one attached hydrogen (secondary N) is 1. The molecule has 0 saturated carbocycles. The molecule has 0 saturated heterocycles. The molecule has 7 heteroatoms. The van der Waals surface area contributed by atoms with Crippen LogP contribution in [0.25, 0.3) is 0 Å². The van der Waals surface area contributed by atoms with Crippen LogP contribution in [-0.4, -0.2) is 8.42 Å². The van der Waals surface area contributed by atoms with Crippen molar-refractivity contribution in [2.24, 2.45) is 5.73 Å². The van der Waals surface area contributed by atoms with Gasteiger partial charge in [0.05, 0.1) is 10.6 Å². The third kappa shape index (κ3) is 3.56. The largest absolute Gasteiger partial charge is 0.324 e. The Kier molecular flexibility index (Phi) is 4.24. The van der Waals surface area contributed by atoms with E-state index in [1.807, 2.05) is 0 Å². The van der Waals surface area contributed by atoms with Crippen molar-refractivity contribution in [2.75, 3.05) is 4.72 Å². The zero-order chi connectivity index (χ0) is 15.6. The molecule has 0 fully saturated rings. The van der Waals surface area contributed by atoms with Gasteiger partial charge in [-0.1, -0.05) is 12.1 Å². The molecule has 0 aliphatic carbocycles. The normalized spacial score (nSPS) is 13.0. The van der Waals surface area contributed by atoms with Crippen molar-refractivity contribution in [1.82, 2.24) is 0 Å². The minimum Gasteiger partial charge on any atom is -0.324 e. The van der Waals surface area contributed by atoms with Crippen LogP contribution in [0.5, 0.6) is 0 Å². The first-order valence-corrected chi connectivity index (χ1v) is 7.61. The Hall–Kier alpha value is -1.99. The highest BCUT2D eigenvalue weighted by atomic mass is 32.2. The van der Waals surface area contributed by atoms with Crippen molar-refractivity contribution >= 4 is 15.7 Å². The first kappa shape index (κ1) is 15.4. The van der Waals surface area contributed by atoms with E-state index >= 15 is 0 Å². The molecule has 3 N–H and O–H groups in total. The highest BCUT2D eigenvalue weighted by Crippen LogP contribution is 2.19. The summed E-state index contributed by atoms with van der Waals surface area (Å²) in [6.45, 7) is 1.78. The molecule has 0 amide bonds. The molecule has 0 aromatic heterocycles. The second-order valence-electron chi connectivity index (χ2n) is 4.59. The molecule has 0 aliphatic rings. The molecule has 2 aromatic rings. The van der Waals surface area contributed by atoms with E-state index < -0.39 is 21.7 Å². The lowest BCUT2D eigenvalue weighted by Crippen LogP contribution is -2.13. The average Bonchev–Trinajstić information content (AvgIpc) is 2.43. The molecule has 0 aliphatic heterocycles. The van der Waals surface area contributed by atoms with Crippen LogP contribution in [-0.2, 0) is 10.0 Å². The van der Waals surface area contributed by atoms with E-state index in [0.717, 1.165) is 23.8 Å². The number of rotatable bonds is 4. The van der Waals surface area contributed by atoms with Crippen molar-refractivity contribution in [2.45, 2.75) is 17.9 Å². The van der Waals surface area contributed by atoms with Gasteiger partial charge in [0, 0.05) is 12.1 Å². The molecule has 21 heavy (non-hydrogen) atoms. The standard InChI is InChI=1S/C14H14F2N2O2S/c1-9(17)10-2-5-12(6-3-10)21(19,20)18-11-4-7-13(15)14(16)8-11/h2-9,18H,17H2,1H3. The van der Waals surface area contributed by atoms with Crippen LogP contribution in [0, 0.1) is 11.6 Å². The molecule has 0 radical (unpaired) electrons. The van der Waals surface area contributed by atoms with E-state index in [4.69, 9.17) is 5.73 Å². The van der Waals surface area contributed by atoms with Gasteiger partial charge in [0.1, 0.15) is 0 Å². The second-order valence-corrected chi connectivity index (χ2v) is 6.27. The van der Waals surface area contributed by atoms with Gasteiger partial charge in [-0.2, -0.15) is 0 Å². The SMILES string of the molecule is CC(N)c1ccc(S(=O)(=O)Nc2ccc(F)c(F)c2)cc1. The Bertz CT molecular complexity index is 744. The highest BCUT2D eigenvalue weighted by molar-refractivity contribution is 7.92. The van der Waals surface area contributed by atoms with E-state index in [9.17, 15) is 17.2 Å². The monoisotopic (exact) mass is 312 g/mol. The Morgan fingerprint density at radius 2 is 1.67 bits per heavy atom. The Morgan fingerprint density at radius 1 is 1.05 bits per heavy atom. The van der Waals surface area contributed by atoms with E-state index in [1.54, 1.807) is 19.1 Å². The number of hydrogen-bond acceptors (Lipinski definition) is 3. The van der Waals surface area contributed by atoms with Crippen LogP contribution in [0.15, 0.2) is 47.4 Å². The second kappa shape index (κ2) is 5.79. The minimum atomic E-state index is -3.87. The van der Waals surface area contributed by atoms with Crippen LogP contribution in [0.4, 0.5) is 14.5 Å². The summed E-state index contributed by atoms with van der Waals surface area (Å²) in [6, 6.07) is 8.58. The van der Waals surface area contributed by atoms with Gasteiger partial charge in [0.15, 0.2) is 11.6 Å². The van der Waals surface area contributed by atoms with Crippen LogP contribution in [0.3, 0.4) is 0 Å². The summed E-state index contributed by atoms with van der Waals surface area (Å²) in [4.78, 5) is 0.0108. The lowest BCUT2D eigenvalue weighted by Gasteiger charge is -2.10. The van der Waals surface area contributed by atoms with Gasteiger partial charge in [-0.05, 0) is 36.8 Å². The van der Waals surface area contributed by atoms with Crippen molar-refractivity contribution < 1.29 is 17.2 Å². The van der Waals surface area contributed by atoms with E-state index in [-0.39, 0.29) is 16.6 Å². The van der Waals surface area contributed by atoms with Crippen LogP contribution in [0.1, 0.15) is 18.5 Å². The summed E-state index contributed by atoms with van der Waals surface area (Å²) < 4.78 is 52.3. The van der Waals surface area contributed by atoms with Gasteiger partial charge in [-0.15, -0.1) is 0 Å². The molecule has 0 heterocycles. The summed E-state index contributed by atoms with van der Waals surface area (Å²) >= 11 is 0. The maximum absolute atomic E-state index is 13.1. The molecule has 1 atom stereocenters. The summed E-state index contributed by atoms with van der Waals surface area (Å²) in [5.74, 6) is -2.17. The fourth-order valence-corrected chi connectivity index (χ4v) is 2.77. The van der Waals surface area contributed by atoms with E-state index in [1.165, 1.54) is 12.1 Å². The van der Waals surface area contributed by atoms with Gasteiger partial charge in [-0.3, -0.25) is 4.72 Å². The number of hydrogen-bond donors (Lipinski definition) is 2. The van der Waals surface area contributed by atoms with Gasteiger partial charge in [0.25, 0.3) is 10.0 Å². The summed E-state index contributed by atoms with van der Waals surface area (Å²) in [7, 11) is -3.87. The van der Waals surface area contributed by atoms with Crippen molar-refractivity contribution in [3.8, 4) is 0 Å². The molecule has 2 aromatic carbocycles. The molecule has 4 nitrogen and oxygen atoms in total. The smallest absolute Gasteiger partial charge is 0.261 e. The predicted octanol–water partition coefficient (Wildman–Crippen LogP) is 2.79. The van der Waals surface area contributed by atoms with Gasteiger partial charge in [-0.25, -0.2) is 17.2 Å². The van der Waals surface area contributed by atoms with Gasteiger partial charge < -0.3 is 5.73 Å². The Balaban J connectivity index is 2.27. The number of benzene rings is 2. The van der Waals surface area contributed by atoms with E-state index in [2.05, 4.69) is 4.72 Å². The topological polar surface area (TPSA) is 72.2 Å². The number of nitrogens with two attached hydrogens (primary N) is 1. The number of sulfonamides is 1. The van der Waals surface area contributed by atoms with Gasteiger partial charge >= 0.3 is 0 Å². The third-order valence-corrected chi connectivity index (χ3v) is 4.29. The molecule has 112 valence electrons. The quantitative estimate of drug-likeness (QED) is 0.912. The zero-order valence-electron chi connectivity index (χ0n) is 11.2. The number of anilines is 1. The van der Waals surface area contributed by atoms with Crippen molar-refractivity contribution in [1.29, 1.82) is 0 Å². The molecule has 1 unspecified atom stereocenters. The Labute approximate surface area is 121 Å². The lowest BCUT2D eigenvalue weighted by molar-refractivity contribution is 0.509. The number of halogens is 2. The highest BCUT2D eigenvalue weighted by Gasteiger charge is 2.15. The summed E-state index contributed by atoms with van der Waals surface area (Å²) in [5, 5.41) is 0. The van der Waals surface area contributed by atoms with Crippen LogP contribution in [0.2, 0.25) is 0 Å². The first-order chi connectivity index (χ1) is 9.79. The van der Waals surface area contributed by atoms with Crippen molar-refractivity contribution in [3.63, 3.8) is 0 Å². The average molecular weight is 312 g/mol. The molecule has 0 spiro atoms. The zero-order valence-corrected chi connectivity index (χ0v) is 12.0. The van der Waals surface area contributed by atoms with Crippen LogP contribution >= 0.6 is 0 Å². The maximum Gasteiger partial charge on any atom is 0.261 e. The maximum atomic E-state index is 13.1. The predicted molar refractivity (Wildman–Crippen MR) is 76.2 cm³/mol. The lowest BCUT2D eigenvalue weighted by atomic mass is 10.1. The molecule has 0 bridgehead atoms. The Morgan fingerprint density at radius 3 is 2.19 bits per heavy atom. The fourth-order valence-electron chi connectivity index (χ4n) is 1.72. The third-order valence-electron chi connectivity index (χ3n) is 2.89. The molecular formula is C14H14F2N2O2S. The van der Waals surface area contributed by atoms with Gasteiger partial charge in [0.2, 0.25) is 0 Å².